The highest BCUT2D eigenvalue weighted by Crippen LogP contribution is 2.28. The van der Waals surface area contributed by atoms with Crippen LogP contribution in [0, 0.1) is 0 Å². The molecule has 1 atom stereocenters. The Hall–Kier alpha value is -3.07. The van der Waals surface area contributed by atoms with Gasteiger partial charge in [-0.3, -0.25) is 13.9 Å². The Morgan fingerprint density at radius 2 is 1.51 bits per heavy atom. The molecule has 10 heteroatoms. The Kier molecular flexibility index (Phi) is 10.0. The van der Waals surface area contributed by atoms with Gasteiger partial charge in [0.25, 0.3) is 0 Å². The Morgan fingerprint density at radius 3 is 2.10 bits per heavy atom. The van der Waals surface area contributed by atoms with E-state index in [0.29, 0.717) is 10.6 Å². The van der Waals surface area contributed by atoms with Crippen molar-refractivity contribution in [2.24, 2.45) is 0 Å². The van der Waals surface area contributed by atoms with Gasteiger partial charge in [0.15, 0.2) is 0 Å². The second kappa shape index (κ2) is 12.9. The zero-order chi connectivity index (χ0) is 28.8. The smallest absolute Gasteiger partial charge is 0.244 e. The summed E-state index contributed by atoms with van der Waals surface area (Å²) in [5, 5.41) is 3.65. The minimum atomic E-state index is -3.90. The van der Waals surface area contributed by atoms with Crippen LogP contribution in [0.2, 0.25) is 10.0 Å². The Balaban J connectivity index is 2.09. The third kappa shape index (κ3) is 8.98. The summed E-state index contributed by atoms with van der Waals surface area (Å²) < 4.78 is 26.6. The van der Waals surface area contributed by atoms with E-state index < -0.39 is 34.1 Å². The van der Waals surface area contributed by atoms with Gasteiger partial charge >= 0.3 is 0 Å². The van der Waals surface area contributed by atoms with Crippen molar-refractivity contribution in [1.29, 1.82) is 0 Å². The molecule has 0 radical (unpaired) electrons. The van der Waals surface area contributed by atoms with E-state index in [4.69, 9.17) is 23.2 Å². The molecule has 0 aliphatic heterocycles. The minimum Gasteiger partial charge on any atom is -0.350 e. The summed E-state index contributed by atoms with van der Waals surface area (Å²) in [6, 6.07) is 21.8. The average molecular weight is 591 g/mol. The fourth-order valence-electron chi connectivity index (χ4n) is 4.09. The summed E-state index contributed by atoms with van der Waals surface area (Å²) in [5.41, 5.74) is 1.16. The maximum Gasteiger partial charge on any atom is 0.244 e. The lowest BCUT2D eigenvalue weighted by Crippen LogP contribution is -2.56. The van der Waals surface area contributed by atoms with Gasteiger partial charge in [0.05, 0.1) is 17.0 Å². The van der Waals surface area contributed by atoms with Gasteiger partial charge in [0.2, 0.25) is 21.8 Å². The van der Waals surface area contributed by atoms with E-state index in [1.165, 1.54) is 11.0 Å². The highest BCUT2D eigenvalue weighted by atomic mass is 35.5. The van der Waals surface area contributed by atoms with Crippen molar-refractivity contribution in [1.82, 2.24) is 10.2 Å². The number of hydrogen-bond donors (Lipinski definition) is 1. The molecule has 3 aromatic carbocycles. The quantitative estimate of drug-likeness (QED) is 0.347. The van der Waals surface area contributed by atoms with Gasteiger partial charge in [-0.2, -0.15) is 0 Å². The number of hydrogen-bond acceptors (Lipinski definition) is 4. The molecule has 1 N–H and O–H groups in total. The SMILES string of the molecule is CC(C)(C)NC(=O)C(Cc1ccccc1)N(Cc1cccc(Cl)c1)C(=O)CN(c1ccccc1Cl)S(C)(=O)=O. The van der Waals surface area contributed by atoms with Crippen LogP contribution < -0.4 is 9.62 Å². The molecule has 0 aromatic heterocycles. The number of rotatable bonds is 10. The van der Waals surface area contributed by atoms with Crippen LogP contribution in [0.4, 0.5) is 5.69 Å². The zero-order valence-corrected chi connectivity index (χ0v) is 24.7. The van der Waals surface area contributed by atoms with E-state index >= 15 is 0 Å². The van der Waals surface area contributed by atoms with E-state index in [1.807, 2.05) is 51.1 Å². The van der Waals surface area contributed by atoms with Crippen molar-refractivity contribution in [3.63, 3.8) is 0 Å². The third-order valence-corrected chi connectivity index (χ3v) is 7.49. The van der Waals surface area contributed by atoms with Crippen LogP contribution in [0.15, 0.2) is 78.9 Å². The summed E-state index contributed by atoms with van der Waals surface area (Å²) in [4.78, 5) is 29.1. The molecule has 2 amide bonds. The monoisotopic (exact) mass is 589 g/mol. The normalized spacial score (nSPS) is 12.5. The lowest BCUT2D eigenvalue weighted by molar-refractivity contribution is -0.140. The molecule has 0 aliphatic rings. The van der Waals surface area contributed by atoms with Gasteiger partial charge in [-0.25, -0.2) is 8.42 Å². The molecule has 0 bridgehead atoms. The highest BCUT2D eigenvalue weighted by Gasteiger charge is 2.34. The number of sulfonamides is 1. The first-order valence-corrected chi connectivity index (χ1v) is 15.0. The van der Waals surface area contributed by atoms with Gasteiger partial charge in [-0.15, -0.1) is 0 Å². The van der Waals surface area contributed by atoms with Gasteiger partial charge in [-0.05, 0) is 56.2 Å². The minimum absolute atomic E-state index is 0.0363. The number of para-hydroxylation sites is 1. The number of nitrogens with one attached hydrogen (secondary N) is 1. The number of halogens is 2. The molecule has 1 unspecified atom stereocenters. The summed E-state index contributed by atoms with van der Waals surface area (Å²) in [6.45, 7) is 5.06. The largest absolute Gasteiger partial charge is 0.350 e. The molecule has 208 valence electrons. The molecule has 0 aliphatic carbocycles. The summed E-state index contributed by atoms with van der Waals surface area (Å²) in [7, 11) is -3.90. The number of amides is 2. The summed E-state index contributed by atoms with van der Waals surface area (Å²) >= 11 is 12.5. The number of anilines is 1. The zero-order valence-electron chi connectivity index (χ0n) is 22.4. The first-order chi connectivity index (χ1) is 18.2. The Bertz CT molecular complexity index is 1410. The fraction of sp³-hybridized carbons (Fsp3) is 0.310. The van der Waals surface area contributed by atoms with Crippen molar-refractivity contribution < 1.29 is 18.0 Å². The van der Waals surface area contributed by atoms with Crippen LogP contribution in [-0.2, 0) is 32.6 Å². The van der Waals surface area contributed by atoms with E-state index in [1.54, 1.807) is 42.5 Å². The van der Waals surface area contributed by atoms with Crippen molar-refractivity contribution >= 4 is 50.7 Å². The van der Waals surface area contributed by atoms with Crippen molar-refractivity contribution in [2.75, 3.05) is 17.1 Å². The molecule has 0 heterocycles. The lowest BCUT2D eigenvalue weighted by atomic mass is 10.0. The highest BCUT2D eigenvalue weighted by molar-refractivity contribution is 7.92. The molecule has 0 saturated carbocycles. The number of carbonyl (C=O) groups excluding carboxylic acids is 2. The number of nitrogens with zero attached hydrogens (tertiary/aromatic N) is 2. The van der Waals surface area contributed by atoms with Gasteiger partial charge in [0, 0.05) is 23.5 Å². The third-order valence-electron chi connectivity index (χ3n) is 5.81. The molecule has 0 saturated heterocycles. The van der Waals surface area contributed by atoms with Crippen LogP contribution in [-0.4, -0.2) is 49.5 Å². The van der Waals surface area contributed by atoms with Crippen molar-refractivity contribution in [2.45, 2.75) is 45.3 Å². The maximum absolute atomic E-state index is 14.0. The second-order valence-corrected chi connectivity index (χ2v) is 13.1. The molecule has 39 heavy (non-hydrogen) atoms. The molecule has 7 nitrogen and oxygen atoms in total. The maximum atomic E-state index is 14.0. The molecular weight excluding hydrogens is 557 g/mol. The van der Waals surface area contributed by atoms with E-state index in [9.17, 15) is 18.0 Å². The van der Waals surface area contributed by atoms with Crippen LogP contribution in [0.25, 0.3) is 0 Å². The molecule has 3 rings (SSSR count). The summed E-state index contributed by atoms with van der Waals surface area (Å²) in [6.07, 6.45) is 1.23. The molecule has 3 aromatic rings. The van der Waals surface area contributed by atoms with Gasteiger partial charge < -0.3 is 10.2 Å². The first kappa shape index (κ1) is 30.5. The first-order valence-electron chi connectivity index (χ1n) is 12.4. The van der Waals surface area contributed by atoms with Crippen LogP contribution >= 0.6 is 23.2 Å². The number of carbonyl (C=O) groups is 2. The Labute approximate surface area is 240 Å². The van der Waals surface area contributed by atoms with Crippen molar-refractivity contribution in [3.05, 3.63) is 100 Å². The molecule has 0 fully saturated rings. The average Bonchev–Trinajstić information content (AvgIpc) is 2.84. The van der Waals surface area contributed by atoms with E-state index in [2.05, 4.69) is 5.32 Å². The standard InChI is InChI=1S/C29H33Cl2N3O4S/c1-29(2,3)32-28(36)26(18-21-11-6-5-7-12-21)33(19-22-13-10-14-23(30)17-22)27(35)20-34(39(4,37)38)25-16-9-8-15-24(25)31/h5-17,26H,18-20H2,1-4H3,(H,32,36). The van der Waals surface area contributed by atoms with Gasteiger partial charge in [-0.1, -0.05) is 77.8 Å². The molecule has 0 spiro atoms. The Morgan fingerprint density at radius 1 is 0.897 bits per heavy atom. The lowest BCUT2D eigenvalue weighted by Gasteiger charge is -2.35. The summed E-state index contributed by atoms with van der Waals surface area (Å²) in [5.74, 6) is -0.921. The van der Waals surface area contributed by atoms with E-state index in [-0.39, 0.29) is 29.6 Å². The number of benzene rings is 3. The fourth-order valence-corrected chi connectivity index (χ4v) is 5.45. The predicted molar refractivity (Wildman–Crippen MR) is 157 cm³/mol. The van der Waals surface area contributed by atoms with Crippen molar-refractivity contribution in [3.8, 4) is 0 Å². The predicted octanol–water partition coefficient (Wildman–Crippen LogP) is 5.31. The van der Waals surface area contributed by atoms with Crippen LogP contribution in [0.1, 0.15) is 31.9 Å². The van der Waals surface area contributed by atoms with Gasteiger partial charge in [0.1, 0.15) is 12.6 Å². The second-order valence-electron chi connectivity index (χ2n) is 10.3. The van der Waals surface area contributed by atoms with Crippen LogP contribution in [0.5, 0.6) is 0 Å². The van der Waals surface area contributed by atoms with Crippen LogP contribution in [0.3, 0.4) is 0 Å². The van der Waals surface area contributed by atoms with E-state index in [0.717, 1.165) is 16.1 Å². The molecular formula is C29H33Cl2N3O4S. The topological polar surface area (TPSA) is 86.8 Å².